The molecule has 0 amide bonds. The summed E-state index contributed by atoms with van der Waals surface area (Å²) in [7, 11) is 1.59. The Morgan fingerprint density at radius 2 is 2.06 bits per heavy atom. The fraction of sp³-hybridized carbons (Fsp3) is 0.500. The second kappa shape index (κ2) is 5.84. The van der Waals surface area contributed by atoms with E-state index >= 15 is 0 Å². The number of benzene rings is 1. The quantitative estimate of drug-likeness (QED) is 0.691. The van der Waals surface area contributed by atoms with E-state index in [4.69, 9.17) is 10.5 Å². The zero-order valence-corrected chi connectivity index (χ0v) is 9.68. The summed E-state index contributed by atoms with van der Waals surface area (Å²) in [6, 6.07) is 5.35. The molecule has 0 heterocycles. The van der Waals surface area contributed by atoms with Crippen LogP contribution in [0.2, 0.25) is 0 Å². The molecule has 0 aliphatic carbocycles. The van der Waals surface area contributed by atoms with Crippen LogP contribution in [-0.2, 0) is 0 Å². The molecule has 0 saturated carbocycles. The number of rotatable bonds is 5. The Balaban J connectivity index is 2.87. The number of ether oxygens (including phenoxy) is 1. The normalized spacial score (nSPS) is 14.6. The first kappa shape index (κ1) is 13.0. The third kappa shape index (κ3) is 2.95. The molecule has 4 N–H and O–H groups in total. The van der Waals surface area contributed by atoms with Crippen molar-refractivity contribution in [3.8, 4) is 5.75 Å². The molecule has 0 fully saturated rings. The summed E-state index contributed by atoms with van der Waals surface area (Å²) >= 11 is 0. The SMILES string of the molecule is COc1ccc(C(O)C(O)CCN)c(C)c1. The van der Waals surface area contributed by atoms with Gasteiger partial charge < -0.3 is 20.7 Å². The molecule has 0 bridgehead atoms. The summed E-state index contributed by atoms with van der Waals surface area (Å²) in [6.07, 6.45) is -1.33. The van der Waals surface area contributed by atoms with Gasteiger partial charge in [0.2, 0.25) is 0 Å². The number of aryl methyl sites for hydroxylation is 1. The Morgan fingerprint density at radius 3 is 2.56 bits per heavy atom. The van der Waals surface area contributed by atoms with Gasteiger partial charge in [-0.25, -0.2) is 0 Å². The van der Waals surface area contributed by atoms with Gasteiger partial charge in [0.05, 0.1) is 13.2 Å². The summed E-state index contributed by atoms with van der Waals surface area (Å²) in [6.45, 7) is 2.23. The summed E-state index contributed by atoms with van der Waals surface area (Å²) < 4.78 is 5.07. The molecule has 0 aliphatic rings. The minimum absolute atomic E-state index is 0.355. The van der Waals surface area contributed by atoms with E-state index in [2.05, 4.69) is 0 Å². The molecule has 0 saturated heterocycles. The van der Waals surface area contributed by atoms with Crippen LogP contribution in [0.5, 0.6) is 5.75 Å². The topological polar surface area (TPSA) is 75.7 Å². The number of hydrogen-bond acceptors (Lipinski definition) is 4. The summed E-state index contributed by atoms with van der Waals surface area (Å²) in [5.74, 6) is 0.738. The highest BCUT2D eigenvalue weighted by molar-refractivity contribution is 5.36. The molecular formula is C12H19NO3. The monoisotopic (exact) mass is 225 g/mol. The first-order chi connectivity index (χ1) is 7.60. The van der Waals surface area contributed by atoms with Gasteiger partial charge in [0.25, 0.3) is 0 Å². The molecule has 16 heavy (non-hydrogen) atoms. The zero-order valence-electron chi connectivity index (χ0n) is 9.68. The third-order valence-electron chi connectivity index (χ3n) is 2.62. The molecule has 0 aliphatic heterocycles. The molecule has 2 unspecified atom stereocenters. The molecular weight excluding hydrogens is 206 g/mol. The number of hydrogen-bond donors (Lipinski definition) is 3. The summed E-state index contributed by atoms with van der Waals surface area (Å²) in [5.41, 5.74) is 6.94. The van der Waals surface area contributed by atoms with Gasteiger partial charge in [0, 0.05) is 0 Å². The van der Waals surface area contributed by atoms with E-state index in [1.165, 1.54) is 0 Å². The van der Waals surface area contributed by atoms with Crippen molar-refractivity contribution in [2.75, 3.05) is 13.7 Å². The van der Waals surface area contributed by atoms with Crippen LogP contribution in [0.15, 0.2) is 18.2 Å². The van der Waals surface area contributed by atoms with Crippen molar-refractivity contribution in [2.24, 2.45) is 5.73 Å². The molecule has 90 valence electrons. The molecule has 4 heteroatoms. The van der Waals surface area contributed by atoms with Crippen LogP contribution in [0, 0.1) is 6.92 Å². The minimum Gasteiger partial charge on any atom is -0.497 e. The molecule has 0 radical (unpaired) electrons. The first-order valence-electron chi connectivity index (χ1n) is 5.31. The average molecular weight is 225 g/mol. The number of aliphatic hydroxyl groups is 2. The molecule has 0 spiro atoms. The minimum atomic E-state index is -0.894. The first-order valence-corrected chi connectivity index (χ1v) is 5.31. The highest BCUT2D eigenvalue weighted by Crippen LogP contribution is 2.25. The van der Waals surface area contributed by atoms with Gasteiger partial charge in [0.1, 0.15) is 11.9 Å². The largest absolute Gasteiger partial charge is 0.497 e. The number of aliphatic hydroxyl groups excluding tert-OH is 2. The van der Waals surface area contributed by atoms with E-state index in [1.54, 1.807) is 19.2 Å². The van der Waals surface area contributed by atoms with Gasteiger partial charge in [0.15, 0.2) is 0 Å². The molecule has 1 aromatic rings. The van der Waals surface area contributed by atoms with Crippen LogP contribution in [-0.4, -0.2) is 30.0 Å². The van der Waals surface area contributed by atoms with Crippen molar-refractivity contribution in [1.82, 2.24) is 0 Å². The molecule has 1 rings (SSSR count). The lowest BCUT2D eigenvalue weighted by molar-refractivity contribution is 0.0146. The van der Waals surface area contributed by atoms with Gasteiger partial charge in [-0.2, -0.15) is 0 Å². The Morgan fingerprint density at radius 1 is 1.38 bits per heavy atom. The van der Waals surface area contributed by atoms with Gasteiger partial charge in [-0.1, -0.05) is 6.07 Å². The lowest BCUT2D eigenvalue weighted by atomic mass is 9.97. The van der Waals surface area contributed by atoms with Gasteiger partial charge >= 0.3 is 0 Å². The van der Waals surface area contributed by atoms with Crippen molar-refractivity contribution in [2.45, 2.75) is 25.6 Å². The smallest absolute Gasteiger partial charge is 0.119 e. The highest BCUT2D eigenvalue weighted by Gasteiger charge is 2.19. The van der Waals surface area contributed by atoms with E-state index in [0.717, 1.165) is 11.3 Å². The van der Waals surface area contributed by atoms with E-state index in [-0.39, 0.29) is 0 Å². The molecule has 2 atom stereocenters. The van der Waals surface area contributed by atoms with Crippen LogP contribution in [0.1, 0.15) is 23.7 Å². The Labute approximate surface area is 95.7 Å². The predicted molar refractivity (Wildman–Crippen MR) is 62.4 cm³/mol. The van der Waals surface area contributed by atoms with Crippen molar-refractivity contribution in [3.63, 3.8) is 0 Å². The lowest BCUT2D eigenvalue weighted by Crippen LogP contribution is -2.22. The fourth-order valence-corrected chi connectivity index (χ4v) is 1.64. The van der Waals surface area contributed by atoms with Crippen LogP contribution in [0.4, 0.5) is 0 Å². The van der Waals surface area contributed by atoms with Crippen molar-refractivity contribution >= 4 is 0 Å². The van der Waals surface area contributed by atoms with Crippen molar-refractivity contribution in [3.05, 3.63) is 29.3 Å². The molecule has 0 aromatic heterocycles. The molecule has 4 nitrogen and oxygen atoms in total. The van der Waals surface area contributed by atoms with Gasteiger partial charge in [-0.05, 0) is 43.1 Å². The standard InChI is InChI=1S/C12H19NO3/c1-8-7-9(16-2)3-4-10(8)12(15)11(14)5-6-13/h3-4,7,11-12,14-15H,5-6,13H2,1-2H3. The van der Waals surface area contributed by atoms with Crippen LogP contribution < -0.4 is 10.5 Å². The Kier molecular flexibility index (Phi) is 4.73. The van der Waals surface area contributed by atoms with Crippen molar-refractivity contribution in [1.29, 1.82) is 0 Å². The van der Waals surface area contributed by atoms with E-state index in [1.807, 2.05) is 13.0 Å². The third-order valence-corrected chi connectivity index (χ3v) is 2.62. The van der Waals surface area contributed by atoms with Crippen molar-refractivity contribution < 1.29 is 14.9 Å². The zero-order chi connectivity index (χ0) is 12.1. The Bertz CT molecular complexity index is 341. The van der Waals surface area contributed by atoms with E-state index in [9.17, 15) is 10.2 Å². The second-order valence-electron chi connectivity index (χ2n) is 3.81. The highest BCUT2D eigenvalue weighted by atomic mass is 16.5. The predicted octanol–water partition coefficient (Wildman–Crippen LogP) is 0.747. The van der Waals surface area contributed by atoms with Crippen LogP contribution >= 0.6 is 0 Å². The van der Waals surface area contributed by atoms with E-state index in [0.29, 0.717) is 18.5 Å². The summed E-state index contributed by atoms with van der Waals surface area (Å²) in [5, 5.41) is 19.6. The molecule has 1 aromatic carbocycles. The maximum Gasteiger partial charge on any atom is 0.119 e. The number of nitrogens with two attached hydrogens (primary N) is 1. The summed E-state index contributed by atoms with van der Waals surface area (Å²) in [4.78, 5) is 0. The Hall–Kier alpha value is -1.10. The van der Waals surface area contributed by atoms with E-state index < -0.39 is 12.2 Å². The fourth-order valence-electron chi connectivity index (χ4n) is 1.64. The van der Waals surface area contributed by atoms with Crippen LogP contribution in [0.25, 0.3) is 0 Å². The maximum atomic E-state index is 9.92. The van der Waals surface area contributed by atoms with Gasteiger partial charge in [-0.15, -0.1) is 0 Å². The second-order valence-corrected chi connectivity index (χ2v) is 3.81. The lowest BCUT2D eigenvalue weighted by Gasteiger charge is -2.19. The average Bonchev–Trinajstić information content (AvgIpc) is 2.28. The maximum absolute atomic E-state index is 9.92. The van der Waals surface area contributed by atoms with Crippen LogP contribution in [0.3, 0.4) is 0 Å². The van der Waals surface area contributed by atoms with Gasteiger partial charge in [-0.3, -0.25) is 0 Å². The number of methoxy groups -OCH3 is 1.